The van der Waals surface area contributed by atoms with Crippen LogP contribution in [-0.4, -0.2) is 23.1 Å². The standard InChI is InChI=1S/C13H22N4/c1-3-12-15-11(14)8-13(16-12)17(4-2)9-10-6-5-7-10/h8,10H,3-7,9H2,1-2H3,(H2,14,15,16). The van der Waals surface area contributed by atoms with Crippen LogP contribution in [0.5, 0.6) is 0 Å². The van der Waals surface area contributed by atoms with Gasteiger partial charge in [0.05, 0.1) is 0 Å². The van der Waals surface area contributed by atoms with Crippen molar-refractivity contribution in [3.8, 4) is 0 Å². The molecular weight excluding hydrogens is 212 g/mol. The normalized spacial score (nSPS) is 15.6. The van der Waals surface area contributed by atoms with Crippen molar-refractivity contribution in [2.45, 2.75) is 39.5 Å². The summed E-state index contributed by atoms with van der Waals surface area (Å²) in [6.45, 7) is 6.32. The van der Waals surface area contributed by atoms with E-state index in [4.69, 9.17) is 5.73 Å². The minimum absolute atomic E-state index is 0.582. The van der Waals surface area contributed by atoms with Gasteiger partial charge >= 0.3 is 0 Å². The Bertz CT molecular complexity index is 374. The summed E-state index contributed by atoms with van der Waals surface area (Å²) in [5.74, 6) is 3.26. The van der Waals surface area contributed by atoms with E-state index in [9.17, 15) is 0 Å². The molecule has 0 radical (unpaired) electrons. The Balaban J connectivity index is 2.13. The summed E-state index contributed by atoms with van der Waals surface area (Å²) in [5.41, 5.74) is 5.83. The molecule has 0 spiro atoms. The topological polar surface area (TPSA) is 55.0 Å². The largest absolute Gasteiger partial charge is 0.384 e. The molecule has 1 aliphatic rings. The van der Waals surface area contributed by atoms with Crippen LogP contribution in [-0.2, 0) is 6.42 Å². The van der Waals surface area contributed by atoms with Gasteiger partial charge in [-0.15, -0.1) is 0 Å². The number of aromatic nitrogens is 2. The number of hydrogen-bond donors (Lipinski definition) is 1. The molecule has 17 heavy (non-hydrogen) atoms. The maximum absolute atomic E-state index is 5.83. The van der Waals surface area contributed by atoms with Gasteiger partial charge in [0, 0.05) is 25.6 Å². The van der Waals surface area contributed by atoms with Gasteiger partial charge in [0.15, 0.2) is 0 Å². The molecule has 2 rings (SSSR count). The summed E-state index contributed by atoms with van der Waals surface area (Å²) in [6, 6.07) is 1.89. The maximum Gasteiger partial charge on any atom is 0.134 e. The van der Waals surface area contributed by atoms with Gasteiger partial charge in [0.25, 0.3) is 0 Å². The van der Waals surface area contributed by atoms with Gasteiger partial charge < -0.3 is 10.6 Å². The molecule has 0 aromatic carbocycles. The predicted octanol–water partition coefficient (Wildman–Crippen LogP) is 2.25. The van der Waals surface area contributed by atoms with Crippen LogP contribution >= 0.6 is 0 Å². The lowest BCUT2D eigenvalue weighted by Gasteiger charge is -2.32. The van der Waals surface area contributed by atoms with E-state index in [1.807, 2.05) is 6.07 Å². The lowest BCUT2D eigenvalue weighted by molar-refractivity contribution is 0.318. The van der Waals surface area contributed by atoms with Crippen LogP contribution < -0.4 is 10.6 Å². The van der Waals surface area contributed by atoms with Crippen LogP contribution in [0.3, 0.4) is 0 Å². The van der Waals surface area contributed by atoms with Gasteiger partial charge in [-0.05, 0) is 25.7 Å². The quantitative estimate of drug-likeness (QED) is 0.849. The number of anilines is 2. The molecule has 0 atom stereocenters. The molecule has 0 bridgehead atoms. The molecule has 4 nitrogen and oxygen atoms in total. The molecule has 0 amide bonds. The van der Waals surface area contributed by atoms with Crippen molar-refractivity contribution in [2.75, 3.05) is 23.7 Å². The highest BCUT2D eigenvalue weighted by Gasteiger charge is 2.21. The van der Waals surface area contributed by atoms with Crippen LogP contribution in [0, 0.1) is 5.92 Å². The number of nitrogen functional groups attached to an aromatic ring is 1. The Kier molecular flexibility index (Phi) is 3.82. The number of nitrogens with zero attached hydrogens (tertiary/aromatic N) is 3. The molecule has 1 heterocycles. The van der Waals surface area contributed by atoms with E-state index >= 15 is 0 Å². The van der Waals surface area contributed by atoms with Crippen LogP contribution in [0.2, 0.25) is 0 Å². The van der Waals surface area contributed by atoms with E-state index in [0.29, 0.717) is 5.82 Å². The monoisotopic (exact) mass is 234 g/mol. The van der Waals surface area contributed by atoms with Gasteiger partial charge in [-0.1, -0.05) is 13.3 Å². The fraction of sp³-hybridized carbons (Fsp3) is 0.692. The first-order chi connectivity index (χ1) is 8.22. The summed E-state index contributed by atoms with van der Waals surface area (Å²) in [6.07, 6.45) is 4.93. The average molecular weight is 234 g/mol. The van der Waals surface area contributed by atoms with Crippen molar-refractivity contribution < 1.29 is 0 Å². The fourth-order valence-corrected chi connectivity index (χ4v) is 2.19. The zero-order valence-electron chi connectivity index (χ0n) is 10.8. The highest BCUT2D eigenvalue weighted by molar-refractivity contribution is 5.47. The highest BCUT2D eigenvalue weighted by Crippen LogP contribution is 2.28. The van der Waals surface area contributed by atoms with Crippen LogP contribution in [0.1, 0.15) is 38.9 Å². The van der Waals surface area contributed by atoms with Crippen molar-refractivity contribution in [1.82, 2.24) is 9.97 Å². The van der Waals surface area contributed by atoms with Crippen molar-refractivity contribution in [1.29, 1.82) is 0 Å². The van der Waals surface area contributed by atoms with Gasteiger partial charge in [-0.2, -0.15) is 0 Å². The lowest BCUT2D eigenvalue weighted by Crippen LogP contribution is -2.33. The van der Waals surface area contributed by atoms with Crippen molar-refractivity contribution in [3.63, 3.8) is 0 Å². The van der Waals surface area contributed by atoms with Crippen molar-refractivity contribution in [2.24, 2.45) is 5.92 Å². The first-order valence-electron chi connectivity index (χ1n) is 6.61. The number of hydrogen-bond acceptors (Lipinski definition) is 4. The Morgan fingerprint density at radius 1 is 1.35 bits per heavy atom. The molecule has 94 valence electrons. The van der Waals surface area contributed by atoms with Crippen molar-refractivity contribution >= 4 is 11.6 Å². The predicted molar refractivity (Wildman–Crippen MR) is 71.1 cm³/mol. The number of aryl methyl sites for hydroxylation is 1. The van der Waals surface area contributed by atoms with E-state index in [0.717, 1.165) is 37.1 Å². The lowest BCUT2D eigenvalue weighted by atomic mass is 9.85. The van der Waals surface area contributed by atoms with E-state index in [1.165, 1.54) is 19.3 Å². The molecule has 0 unspecified atom stereocenters. The Labute approximate surface area is 103 Å². The second-order valence-corrected chi connectivity index (χ2v) is 4.76. The van der Waals surface area contributed by atoms with E-state index in [1.54, 1.807) is 0 Å². The molecule has 4 heteroatoms. The van der Waals surface area contributed by atoms with Crippen LogP contribution in [0.4, 0.5) is 11.6 Å². The maximum atomic E-state index is 5.83. The van der Waals surface area contributed by atoms with Crippen LogP contribution in [0.25, 0.3) is 0 Å². The molecule has 1 fully saturated rings. The molecule has 1 aliphatic carbocycles. The average Bonchev–Trinajstić information content (AvgIpc) is 2.27. The third kappa shape index (κ3) is 2.87. The molecule has 0 aliphatic heterocycles. The summed E-state index contributed by atoms with van der Waals surface area (Å²) in [7, 11) is 0. The molecule has 1 aromatic heterocycles. The number of nitrogens with two attached hydrogens (primary N) is 1. The molecule has 0 saturated heterocycles. The third-order valence-electron chi connectivity index (χ3n) is 3.50. The number of rotatable bonds is 5. The van der Waals surface area contributed by atoms with Gasteiger partial charge in [0.1, 0.15) is 17.5 Å². The molecule has 2 N–H and O–H groups in total. The van der Waals surface area contributed by atoms with E-state index in [2.05, 4.69) is 28.7 Å². The highest BCUT2D eigenvalue weighted by atomic mass is 15.2. The first kappa shape index (κ1) is 12.1. The second kappa shape index (κ2) is 5.34. The minimum atomic E-state index is 0.582. The molecule has 1 saturated carbocycles. The van der Waals surface area contributed by atoms with Gasteiger partial charge in [-0.25, -0.2) is 9.97 Å². The molecular formula is C13H22N4. The van der Waals surface area contributed by atoms with Gasteiger partial charge in [-0.3, -0.25) is 0 Å². The second-order valence-electron chi connectivity index (χ2n) is 4.76. The van der Waals surface area contributed by atoms with Crippen molar-refractivity contribution in [3.05, 3.63) is 11.9 Å². The zero-order valence-corrected chi connectivity index (χ0v) is 10.8. The smallest absolute Gasteiger partial charge is 0.134 e. The Morgan fingerprint density at radius 3 is 2.65 bits per heavy atom. The Hall–Kier alpha value is -1.32. The van der Waals surface area contributed by atoms with E-state index in [-0.39, 0.29) is 0 Å². The third-order valence-corrected chi connectivity index (χ3v) is 3.50. The summed E-state index contributed by atoms with van der Waals surface area (Å²) >= 11 is 0. The van der Waals surface area contributed by atoms with Gasteiger partial charge in [0.2, 0.25) is 0 Å². The fourth-order valence-electron chi connectivity index (χ4n) is 2.19. The SMILES string of the molecule is CCc1nc(N)cc(N(CC)CC2CCC2)n1. The summed E-state index contributed by atoms with van der Waals surface area (Å²) < 4.78 is 0. The summed E-state index contributed by atoms with van der Waals surface area (Å²) in [4.78, 5) is 11.1. The van der Waals surface area contributed by atoms with E-state index < -0.39 is 0 Å². The summed E-state index contributed by atoms with van der Waals surface area (Å²) in [5, 5.41) is 0. The zero-order chi connectivity index (χ0) is 12.3. The molecule has 1 aromatic rings. The Morgan fingerprint density at radius 2 is 2.12 bits per heavy atom. The first-order valence-corrected chi connectivity index (χ1v) is 6.61. The van der Waals surface area contributed by atoms with Crippen LogP contribution in [0.15, 0.2) is 6.07 Å². The minimum Gasteiger partial charge on any atom is -0.384 e.